The molecule has 0 aromatic heterocycles. The van der Waals surface area contributed by atoms with Gasteiger partial charge in [0.25, 0.3) is 0 Å². The van der Waals surface area contributed by atoms with E-state index in [2.05, 4.69) is 11.6 Å². The third-order valence-electron chi connectivity index (χ3n) is 1.29. The maximum absolute atomic E-state index is 5.55. The second kappa shape index (κ2) is 3.88. The average molecular weight is 138 g/mol. The molecular formula is C8H14N2. The molecule has 0 aliphatic carbocycles. The van der Waals surface area contributed by atoms with E-state index in [0.717, 1.165) is 11.1 Å². The normalized spacial score (nSPS) is 13.5. The van der Waals surface area contributed by atoms with E-state index >= 15 is 0 Å². The van der Waals surface area contributed by atoms with E-state index < -0.39 is 0 Å². The smallest absolute Gasteiger partial charge is 0.126 e. The maximum Gasteiger partial charge on any atom is 0.126 e. The van der Waals surface area contributed by atoms with Gasteiger partial charge in [-0.2, -0.15) is 0 Å². The van der Waals surface area contributed by atoms with E-state index in [9.17, 15) is 0 Å². The molecule has 56 valence electrons. The Bertz CT molecular complexity index is 187. The summed E-state index contributed by atoms with van der Waals surface area (Å²) < 4.78 is 0. The summed E-state index contributed by atoms with van der Waals surface area (Å²) >= 11 is 0. The van der Waals surface area contributed by atoms with Crippen LogP contribution in [0.5, 0.6) is 0 Å². The van der Waals surface area contributed by atoms with Crippen molar-refractivity contribution in [1.29, 1.82) is 0 Å². The van der Waals surface area contributed by atoms with Crippen LogP contribution in [0.25, 0.3) is 0 Å². The summed E-state index contributed by atoms with van der Waals surface area (Å²) in [6, 6.07) is 0. The van der Waals surface area contributed by atoms with E-state index in [1.807, 2.05) is 20.8 Å². The molecule has 0 fully saturated rings. The number of nitrogens with two attached hydrogens (primary N) is 1. The van der Waals surface area contributed by atoms with Crippen LogP contribution >= 0.6 is 0 Å². The van der Waals surface area contributed by atoms with Gasteiger partial charge in [0.1, 0.15) is 5.82 Å². The molecule has 0 aliphatic heterocycles. The number of hydrogen-bond acceptors (Lipinski definition) is 2. The molecule has 2 heteroatoms. The maximum atomic E-state index is 5.55. The molecule has 0 atom stereocenters. The van der Waals surface area contributed by atoms with Crippen LogP contribution in [0.3, 0.4) is 0 Å². The minimum absolute atomic E-state index is 0.551. The third kappa shape index (κ3) is 2.49. The fraction of sp³-hybridized carbons (Fsp3) is 0.375. The van der Waals surface area contributed by atoms with Gasteiger partial charge in [-0.05, 0) is 26.3 Å². The van der Waals surface area contributed by atoms with Crippen molar-refractivity contribution in [2.24, 2.45) is 10.7 Å². The highest BCUT2D eigenvalue weighted by Gasteiger charge is 1.93. The lowest BCUT2D eigenvalue weighted by Crippen LogP contribution is -1.98. The van der Waals surface area contributed by atoms with Gasteiger partial charge in [0.05, 0.1) is 0 Å². The number of allylic oxidation sites excluding steroid dienone is 2. The molecule has 0 saturated carbocycles. The van der Waals surface area contributed by atoms with Crippen LogP contribution in [0.15, 0.2) is 28.5 Å². The number of hydrogen-bond donors (Lipinski definition) is 1. The number of rotatable bonds is 2. The minimum Gasteiger partial charge on any atom is -0.383 e. The Kier molecular flexibility index (Phi) is 3.47. The molecule has 0 bridgehead atoms. The molecule has 0 rings (SSSR count). The Labute approximate surface area is 62.1 Å². The number of aliphatic imine (C=N–C) groups is 1. The van der Waals surface area contributed by atoms with Gasteiger partial charge in [-0.1, -0.05) is 12.2 Å². The first-order valence-corrected chi connectivity index (χ1v) is 3.20. The quantitative estimate of drug-likeness (QED) is 0.459. The Balaban J connectivity index is 4.50. The van der Waals surface area contributed by atoms with Crippen LogP contribution in [-0.2, 0) is 0 Å². The Morgan fingerprint density at radius 2 is 2.00 bits per heavy atom. The van der Waals surface area contributed by atoms with Crippen LogP contribution in [0.4, 0.5) is 0 Å². The summed E-state index contributed by atoms with van der Waals surface area (Å²) in [4.78, 5) is 3.92. The summed E-state index contributed by atoms with van der Waals surface area (Å²) in [5.41, 5.74) is 7.47. The molecule has 0 radical (unpaired) electrons. The van der Waals surface area contributed by atoms with Gasteiger partial charge < -0.3 is 5.73 Å². The summed E-state index contributed by atoms with van der Waals surface area (Å²) in [5.74, 6) is 0.551. The molecule has 0 amide bonds. The van der Waals surface area contributed by atoms with Gasteiger partial charge in [-0.15, -0.1) is 0 Å². The van der Waals surface area contributed by atoms with E-state index in [-0.39, 0.29) is 0 Å². The van der Waals surface area contributed by atoms with Gasteiger partial charge in [0, 0.05) is 6.21 Å². The first kappa shape index (κ1) is 8.95. The fourth-order valence-corrected chi connectivity index (χ4v) is 0.455. The van der Waals surface area contributed by atoms with Crippen molar-refractivity contribution in [2.45, 2.75) is 20.8 Å². The Hall–Kier alpha value is -1.05. The molecule has 0 heterocycles. The standard InChI is InChI=1S/C8H14N2/c1-5-10-8(9)7(4)6(2)3/h5H,2,9H2,1,3-4H3/b8-7-,10-5?. The third-order valence-corrected chi connectivity index (χ3v) is 1.29. The molecule has 2 N–H and O–H groups in total. The van der Waals surface area contributed by atoms with Crippen LogP contribution in [0.2, 0.25) is 0 Å². The second-order valence-electron chi connectivity index (χ2n) is 2.18. The first-order valence-electron chi connectivity index (χ1n) is 3.20. The SMILES string of the molecule is C=C(C)/C(C)=C(/N)N=CC. The monoisotopic (exact) mass is 138 g/mol. The lowest BCUT2D eigenvalue weighted by Gasteiger charge is -2.00. The molecule has 0 unspecified atom stereocenters. The molecule has 0 aromatic rings. The van der Waals surface area contributed by atoms with Crippen LogP contribution < -0.4 is 5.73 Å². The topological polar surface area (TPSA) is 38.4 Å². The predicted molar refractivity (Wildman–Crippen MR) is 45.9 cm³/mol. The largest absolute Gasteiger partial charge is 0.383 e. The molecule has 0 saturated heterocycles. The van der Waals surface area contributed by atoms with Gasteiger partial charge >= 0.3 is 0 Å². The molecule has 0 aliphatic rings. The van der Waals surface area contributed by atoms with Gasteiger partial charge in [-0.3, -0.25) is 0 Å². The minimum atomic E-state index is 0.551. The molecule has 2 nitrogen and oxygen atoms in total. The van der Waals surface area contributed by atoms with Gasteiger partial charge in [0.15, 0.2) is 0 Å². The second-order valence-corrected chi connectivity index (χ2v) is 2.18. The Morgan fingerprint density at radius 1 is 1.50 bits per heavy atom. The van der Waals surface area contributed by atoms with Crippen molar-refractivity contribution in [2.75, 3.05) is 0 Å². The highest BCUT2D eigenvalue weighted by Crippen LogP contribution is 2.07. The summed E-state index contributed by atoms with van der Waals surface area (Å²) in [6.07, 6.45) is 1.67. The van der Waals surface area contributed by atoms with Crippen molar-refractivity contribution in [1.82, 2.24) is 0 Å². The van der Waals surface area contributed by atoms with E-state index in [1.165, 1.54) is 0 Å². The molecule has 0 aromatic carbocycles. The zero-order valence-corrected chi connectivity index (χ0v) is 6.81. The molecule has 10 heavy (non-hydrogen) atoms. The predicted octanol–water partition coefficient (Wildman–Crippen LogP) is 1.84. The summed E-state index contributed by atoms with van der Waals surface area (Å²) in [5, 5.41) is 0. The van der Waals surface area contributed by atoms with Crippen LogP contribution in [0.1, 0.15) is 20.8 Å². The first-order chi connectivity index (χ1) is 4.59. The van der Waals surface area contributed by atoms with Crippen LogP contribution in [-0.4, -0.2) is 6.21 Å². The molecule has 0 spiro atoms. The summed E-state index contributed by atoms with van der Waals surface area (Å²) in [6.45, 7) is 9.40. The van der Waals surface area contributed by atoms with Gasteiger partial charge in [0.2, 0.25) is 0 Å². The Morgan fingerprint density at radius 3 is 2.30 bits per heavy atom. The highest BCUT2D eigenvalue weighted by molar-refractivity contribution is 5.55. The molecular weight excluding hydrogens is 124 g/mol. The zero-order chi connectivity index (χ0) is 8.15. The van der Waals surface area contributed by atoms with Crippen molar-refractivity contribution < 1.29 is 0 Å². The highest BCUT2D eigenvalue weighted by atomic mass is 14.9. The van der Waals surface area contributed by atoms with E-state index in [1.54, 1.807) is 6.21 Å². The fourth-order valence-electron chi connectivity index (χ4n) is 0.455. The summed E-state index contributed by atoms with van der Waals surface area (Å²) in [7, 11) is 0. The number of nitrogens with zero attached hydrogens (tertiary/aromatic N) is 1. The lowest BCUT2D eigenvalue weighted by molar-refractivity contribution is 1.16. The van der Waals surface area contributed by atoms with Crippen LogP contribution in [0, 0.1) is 0 Å². The average Bonchev–Trinajstić information content (AvgIpc) is 1.87. The van der Waals surface area contributed by atoms with E-state index in [0.29, 0.717) is 5.82 Å². The van der Waals surface area contributed by atoms with Gasteiger partial charge in [-0.25, -0.2) is 4.99 Å². The zero-order valence-electron chi connectivity index (χ0n) is 6.81. The van der Waals surface area contributed by atoms with Crippen molar-refractivity contribution in [3.63, 3.8) is 0 Å². The van der Waals surface area contributed by atoms with Crippen molar-refractivity contribution in [3.05, 3.63) is 23.5 Å². The lowest BCUT2D eigenvalue weighted by atomic mass is 10.1. The van der Waals surface area contributed by atoms with E-state index in [4.69, 9.17) is 5.73 Å². The van der Waals surface area contributed by atoms with Crippen molar-refractivity contribution >= 4 is 6.21 Å². The van der Waals surface area contributed by atoms with Crippen molar-refractivity contribution in [3.8, 4) is 0 Å².